The van der Waals surface area contributed by atoms with Crippen LogP contribution in [0.3, 0.4) is 0 Å². The number of aliphatic hydroxyl groups excluding tert-OH is 1. The Morgan fingerprint density at radius 2 is 2.10 bits per heavy atom. The van der Waals surface area contributed by atoms with Crippen molar-refractivity contribution in [2.24, 2.45) is 0 Å². The summed E-state index contributed by atoms with van der Waals surface area (Å²) >= 11 is 0. The van der Waals surface area contributed by atoms with Crippen LogP contribution < -0.4 is 4.90 Å². The fourth-order valence-corrected chi connectivity index (χ4v) is 3.82. The van der Waals surface area contributed by atoms with Crippen molar-refractivity contribution in [1.82, 2.24) is 14.8 Å². The van der Waals surface area contributed by atoms with E-state index in [0.29, 0.717) is 5.82 Å². The predicted molar refractivity (Wildman–Crippen MR) is 80.3 cm³/mol. The molecule has 21 heavy (non-hydrogen) atoms. The molecule has 1 aromatic heterocycles. The van der Waals surface area contributed by atoms with Crippen LogP contribution in [0.5, 0.6) is 0 Å². The van der Waals surface area contributed by atoms with Crippen LogP contribution >= 0.6 is 0 Å². The maximum absolute atomic E-state index is 9.84. The molecule has 3 rings (SSSR count). The lowest BCUT2D eigenvalue weighted by Crippen LogP contribution is -2.54. The number of morpholine rings is 1. The summed E-state index contributed by atoms with van der Waals surface area (Å²) in [5.74, 6) is 1.52. The lowest BCUT2D eigenvalue weighted by atomic mass is 9.98. The zero-order valence-electron chi connectivity index (χ0n) is 13.2. The number of hydrogen-bond donors (Lipinski definition) is 1. The number of aliphatic hydroxyl groups is 1. The van der Waals surface area contributed by atoms with E-state index < -0.39 is 6.10 Å². The van der Waals surface area contributed by atoms with E-state index in [1.807, 2.05) is 4.57 Å². The van der Waals surface area contributed by atoms with Gasteiger partial charge in [-0.05, 0) is 33.6 Å². The van der Waals surface area contributed by atoms with Gasteiger partial charge in [-0.1, -0.05) is 12.8 Å². The molecule has 0 amide bonds. The smallest absolute Gasteiger partial charge is 0.227 e. The van der Waals surface area contributed by atoms with Crippen LogP contribution in [0, 0.1) is 0 Å². The molecule has 1 saturated carbocycles. The predicted octanol–water partition coefficient (Wildman–Crippen LogP) is 1.89. The van der Waals surface area contributed by atoms with Crippen LogP contribution in [0.25, 0.3) is 0 Å². The van der Waals surface area contributed by atoms with Gasteiger partial charge in [0.05, 0.1) is 11.7 Å². The third-order valence-electron chi connectivity index (χ3n) is 4.66. The third kappa shape index (κ3) is 2.66. The van der Waals surface area contributed by atoms with Gasteiger partial charge in [0, 0.05) is 19.6 Å². The van der Waals surface area contributed by atoms with Crippen molar-refractivity contribution in [2.75, 3.05) is 18.0 Å². The summed E-state index contributed by atoms with van der Waals surface area (Å²) in [6, 6.07) is 0. The van der Waals surface area contributed by atoms with E-state index in [1.165, 1.54) is 12.8 Å². The summed E-state index contributed by atoms with van der Waals surface area (Å²) in [4.78, 5) is 2.29. The van der Waals surface area contributed by atoms with E-state index in [0.717, 1.165) is 38.4 Å². The summed E-state index contributed by atoms with van der Waals surface area (Å²) in [5.41, 5.74) is -0.00676. The minimum Gasteiger partial charge on any atom is -0.385 e. The van der Waals surface area contributed by atoms with Crippen LogP contribution in [-0.4, -0.2) is 44.7 Å². The van der Waals surface area contributed by atoms with Crippen LogP contribution in [0.2, 0.25) is 0 Å². The van der Waals surface area contributed by atoms with Gasteiger partial charge in [-0.15, -0.1) is 10.2 Å². The maximum Gasteiger partial charge on any atom is 0.227 e. The zero-order chi connectivity index (χ0) is 15.0. The second-order valence-electron chi connectivity index (χ2n) is 6.48. The highest BCUT2D eigenvalue weighted by Gasteiger charge is 2.42. The Balaban J connectivity index is 1.89. The lowest BCUT2D eigenvalue weighted by Gasteiger charge is -2.44. The Hall–Kier alpha value is -1.14. The van der Waals surface area contributed by atoms with Gasteiger partial charge < -0.3 is 14.7 Å². The van der Waals surface area contributed by atoms with Gasteiger partial charge in [-0.3, -0.25) is 4.57 Å². The lowest BCUT2D eigenvalue weighted by molar-refractivity contribution is -0.0945. The first-order valence-electron chi connectivity index (χ1n) is 8.08. The molecule has 0 bridgehead atoms. The van der Waals surface area contributed by atoms with E-state index in [-0.39, 0.29) is 11.7 Å². The highest BCUT2D eigenvalue weighted by molar-refractivity contribution is 5.34. The van der Waals surface area contributed by atoms with E-state index in [1.54, 1.807) is 6.92 Å². The van der Waals surface area contributed by atoms with Gasteiger partial charge in [0.15, 0.2) is 5.82 Å². The van der Waals surface area contributed by atoms with Gasteiger partial charge in [0.2, 0.25) is 5.95 Å². The average Bonchev–Trinajstić information content (AvgIpc) is 3.04. The summed E-state index contributed by atoms with van der Waals surface area (Å²) in [6.45, 7) is 8.42. The van der Waals surface area contributed by atoms with Crippen molar-refractivity contribution in [1.29, 1.82) is 0 Å². The number of ether oxygens (including phenoxy) is 1. The Kier molecular flexibility index (Phi) is 3.92. The van der Waals surface area contributed by atoms with Crippen LogP contribution in [0.1, 0.15) is 58.4 Å². The molecule has 6 heteroatoms. The van der Waals surface area contributed by atoms with E-state index in [2.05, 4.69) is 28.9 Å². The molecule has 6 nitrogen and oxygen atoms in total. The fourth-order valence-electron chi connectivity index (χ4n) is 3.82. The van der Waals surface area contributed by atoms with Crippen molar-refractivity contribution >= 4 is 5.95 Å². The molecule has 1 aromatic rings. The molecule has 1 N–H and O–H groups in total. The van der Waals surface area contributed by atoms with Gasteiger partial charge in [0.25, 0.3) is 0 Å². The number of nitrogens with zero attached hydrogens (tertiary/aromatic N) is 4. The number of aromatic nitrogens is 3. The van der Waals surface area contributed by atoms with Crippen molar-refractivity contribution in [3.63, 3.8) is 0 Å². The quantitative estimate of drug-likeness (QED) is 0.922. The van der Waals surface area contributed by atoms with Gasteiger partial charge in [-0.2, -0.15) is 0 Å². The standard InChI is InChI=1S/C15H26N4O2/c1-4-19-13(12(3)20)16-17-14(19)18-9-11(2)21-15(10-18)7-5-6-8-15/h11-12,20H,4-10H2,1-3H3/t11?,12-/m0/s1. The van der Waals surface area contributed by atoms with Gasteiger partial charge in [-0.25, -0.2) is 0 Å². The topological polar surface area (TPSA) is 63.4 Å². The molecular weight excluding hydrogens is 268 g/mol. The monoisotopic (exact) mass is 294 g/mol. The Bertz CT molecular complexity index is 494. The Labute approximate surface area is 126 Å². The molecule has 1 spiro atoms. The zero-order valence-corrected chi connectivity index (χ0v) is 13.2. The summed E-state index contributed by atoms with van der Waals surface area (Å²) < 4.78 is 8.28. The third-order valence-corrected chi connectivity index (χ3v) is 4.66. The first-order valence-corrected chi connectivity index (χ1v) is 8.08. The summed E-state index contributed by atoms with van der Waals surface area (Å²) in [7, 11) is 0. The Morgan fingerprint density at radius 3 is 2.71 bits per heavy atom. The second-order valence-corrected chi connectivity index (χ2v) is 6.48. The highest BCUT2D eigenvalue weighted by atomic mass is 16.5. The molecule has 0 radical (unpaired) electrons. The minimum absolute atomic E-state index is 0.00676. The number of anilines is 1. The molecule has 2 heterocycles. The van der Waals surface area contributed by atoms with Crippen molar-refractivity contribution in [3.05, 3.63) is 5.82 Å². The molecule has 1 aliphatic heterocycles. The maximum atomic E-state index is 9.84. The molecule has 1 saturated heterocycles. The molecule has 1 unspecified atom stereocenters. The molecule has 1 aliphatic carbocycles. The summed E-state index contributed by atoms with van der Waals surface area (Å²) in [6.07, 6.45) is 4.38. The normalized spacial score (nSPS) is 26.5. The first-order chi connectivity index (χ1) is 10.0. The minimum atomic E-state index is -0.592. The Morgan fingerprint density at radius 1 is 1.38 bits per heavy atom. The molecule has 0 aromatic carbocycles. The van der Waals surface area contributed by atoms with Crippen molar-refractivity contribution in [2.45, 2.75) is 70.8 Å². The molecule has 2 atom stereocenters. The van der Waals surface area contributed by atoms with Gasteiger partial charge >= 0.3 is 0 Å². The van der Waals surface area contributed by atoms with Crippen molar-refractivity contribution < 1.29 is 9.84 Å². The molecular formula is C15H26N4O2. The first kappa shape index (κ1) is 14.8. The number of hydrogen-bond acceptors (Lipinski definition) is 5. The van der Waals surface area contributed by atoms with E-state index in [9.17, 15) is 5.11 Å². The average molecular weight is 294 g/mol. The van der Waals surface area contributed by atoms with E-state index in [4.69, 9.17) is 4.74 Å². The van der Waals surface area contributed by atoms with Gasteiger partial charge in [0.1, 0.15) is 6.10 Å². The highest BCUT2D eigenvalue weighted by Crippen LogP contribution is 2.38. The largest absolute Gasteiger partial charge is 0.385 e. The summed E-state index contributed by atoms with van der Waals surface area (Å²) in [5, 5.41) is 18.4. The molecule has 118 valence electrons. The SMILES string of the molecule is CCn1c([C@H](C)O)nnc1N1CC(C)OC2(CCCC2)C1. The van der Waals surface area contributed by atoms with Crippen molar-refractivity contribution in [3.8, 4) is 0 Å². The molecule has 2 aliphatic rings. The number of rotatable bonds is 3. The van der Waals surface area contributed by atoms with Crippen LogP contribution in [0.15, 0.2) is 0 Å². The molecule has 2 fully saturated rings. The van der Waals surface area contributed by atoms with Crippen LogP contribution in [0.4, 0.5) is 5.95 Å². The fraction of sp³-hybridized carbons (Fsp3) is 0.867. The second kappa shape index (κ2) is 5.57. The van der Waals surface area contributed by atoms with E-state index >= 15 is 0 Å². The van der Waals surface area contributed by atoms with Crippen LogP contribution in [-0.2, 0) is 11.3 Å².